The van der Waals surface area contributed by atoms with E-state index in [1.165, 1.54) is 0 Å². The third kappa shape index (κ3) is 3.20. The first-order valence-electron chi connectivity index (χ1n) is 6.19. The summed E-state index contributed by atoms with van der Waals surface area (Å²) in [6.07, 6.45) is 1.22. The molecule has 1 aliphatic heterocycles. The number of hydrogen-bond donors (Lipinski definition) is 0. The van der Waals surface area contributed by atoms with E-state index in [1.807, 2.05) is 27.7 Å². The van der Waals surface area contributed by atoms with Gasteiger partial charge in [0.15, 0.2) is 0 Å². The largest absolute Gasteiger partial charge is 0.444 e. The van der Waals surface area contributed by atoms with Crippen LogP contribution in [0.2, 0.25) is 0 Å². The highest BCUT2D eigenvalue weighted by atomic mass is 16.6. The van der Waals surface area contributed by atoms with Crippen LogP contribution in [0.25, 0.3) is 0 Å². The molecule has 1 rings (SSSR count). The number of hydrogen-bond acceptors (Lipinski definition) is 3. The Morgan fingerprint density at radius 3 is 2.29 bits per heavy atom. The van der Waals surface area contributed by atoms with Gasteiger partial charge in [0.2, 0.25) is 0 Å². The Balaban J connectivity index is 2.67. The standard InChI is InChI=1S/C13H23NO3/c1-6-13(10(2)15)7-8-14(9-13)11(16)17-12(3,4)5/h6-9H2,1-5H3. The second kappa shape index (κ2) is 4.67. The van der Waals surface area contributed by atoms with Gasteiger partial charge in [-0.1, -0.05) is 6.92 Å². The van der Waals surface area contributed by atoms with Gasteiger partial charge in [-0.3, -0.25) is 4.79 Å². The molecule has 0 aromatic heterocycles. The van der Waals surface area contributed by atoms with Crippen molar-refractivity contribution in [3.8, 4) is 0 Å². The number of likely N-dealkylation sites (tertiary alicyclic amines) is 1. The highest BCUT2D eigenvalue weighted by molar-refractivity contribution is 5.84. The van der Waals surface area contributed by atoms with Crippen LogP contribution >= 0.6 is 0 Å². The molecule has 1 amide bonds. The van der Waals surface area contributed by atoms with Crippen molar-refractivity contribution in [1.29, 1.82) is 0 Å². The van der Waals surface area contributed by atoms with Gasteiger partial charge in [-0.2, -0.15) is 0 Å². The molecular formula is C13H23NO3. The summed E-state index contributed by atoms with van der Waals surface area (Å²) in [6, 6.07) is 0. The molecule has 0 saturated carbocycles. The molecule has 1 heterocycles. The van der Waals surface area contributed by atoms with Gasteiger partial charge in [0.05, 0.1) is 0 Å². The first-order valence-corrected chi connectivity index (χ1v) is 6.19. The maximum atomic E-state index is 11.9. The number of rotatable bonds is 2. The molecule has 17 heavy (non-hydrogen) atoms. The van der Waals surface area contributed by atoms with E-state index >= 15 is 0 Å². The Hall–Kier alpha value is -1.06. The smallest absolute Gasteiger partial charge is 0.410 e. The molecule has 1 atom stereocenters. The number of nitrogens with zero attached hydrogens (tertiary/aromatic N) is 1. The van der Waals surface area contributed by atoms with Crippen molar-refractivity contribution in [2.75, 3.05) is 13.1 Å². The average molecular weight is 241 g/mol. The number of Topliss-reactive ketones (excluding diaryl/α,β-unsaturated/α-hetero) is 1. The summed E-state index contributed by atoms with van der Waals surface area (Å²) < 4.78 is 5.31. The lowest BCUT2D eigenvalue weighted by atomic mass is 9.81. The Morgan fingerprint density at radius 2 is 1.94 bits per heavy atom. The van der Waals surface area contributed by atoms with Crippen molar-refractivity contribution in [3.05, 3.63) is 0 Å². The van der Waals surface area contributed by atoms with Gasteiger partial charge in [-0.05, 0) is 40.5 Å². The van der Waals surface area contributed by atoms with Crippen LogP contribution < -0.4 is 0 Å². The number of ether oxygens (including phenoxy) is 1. The second-order valence-corrected chi connectivity index (χ2v) is 5.84. The summed E-state index contributed by atoms with van der Waals surface area (Å²) in [5.74, 6) is 0.172. The number of carbonyl (C=O) groups is 2. The molecule has 1 fully saturated rings. The van der Waals surface area contributed by atoms with Crippen LogP contribution in [0.1, 0.15) is 47.5 Å². The minimum atomic E-state index is -0.481. The lowest BCUT2D eigenvalue weighted by Gasteiger charge is -2.27. The highest BCUT2D eigenvalue weighted by Crippen LogP contribution is 2.35. The zero-order valence-electron chi connectivity index (χ0n) is 11.5. The van der Waals surface area contributed by atoms with E-state index < -0.39 is 5.60 Å². The Kier molecular flexibility index (Phi) is 3.84. The molecule has 4 heteroatoms. The highest BCUT2D eigenvalue weighted by Gasteiger charge is 2.43. The fourth-order valence-electron chi connectivity index (χ4n) is 2.18. The first kappa shape index (κ1) is 14.0. The minimum absolute atomic E-state index is 0.172. The summed E-state index contributed by atoms with van der Waals surface area (Å²) in [6.45, 7) is 10.3. The van der Waals surface area contributed by atoms with Gasteiger partial charge in [-0.25, -0.2) is 4.79 Å². The SMILES string of the molecule is CCC1(C(C)=O)CCN(C(=O)OC(C)(C)C)C1. The van der Waals surface area contributed by atoms with Crippen LogP contribution in [-0.2, 0) is 9.53 Å². The molecule has 0 aromatic rings. The van der Waals surface area contributed by atoms with Gasteiger partial charge in [-0.15, -0.1) is 0 Å². The summed E-state index contributed by atoms with van der Waals surface area (Å²) in [5, 5.41) is 0. The second-order valence-electron chi connectivity index (χ2n) is 5.84. The number of ketones is 1. The van der Waals surface area contributed by atoms with Gasteiger partial charge in [0, 0.05) is 18.5 Å². The van der Waals surface area contributed by atoms with Crippen LogP contribution in [0, 0.1) is 5.41 Å². The van der Waals surface area contributed by atoms with Crippen molar-refractivity contribution in [3.63, 3.8) is 0 Å². The lowest BCUT2D eigenvalue weighted by Crippen LogP contribution is -2.38. The molecule has 0 aromatic carbocycles. The number of carbonyl (C=O) groups excluding carboxylic acids is 2. The van der Waals surface area contributed by atoms with Gasteiger partial charge in [0.25, 0.3) is 0 Å². The zero-order valence-corrected chi connectivity index (χ0v) is 11.5. The Bertz CT molecular complexity index is 319. The van der Waals surface area contributed by atoms with E-state index in [9.17, 15) is 9.59 Å². The van der Waals surface area contributed by atoms with Crippen LogP contribution in [0.3, 0.4) is 0 Å². The minimum Gasteiger partial charge on any atom is -0.444 e. The molecule has 0 aliphatic carbocycles. The van der Waals surface area contributed by atoms with Crippen molar-refractivity contribution in [1.82, 2.24) is 4.90 Å². The normalized spacial score (nSPS) is 24.9. The van der Waals surface area contributed by atoms with Crippen LogP contribution in [0.5, 0.6) is 0 Å². The van der Waals surface area contributed by atoms with E-state index in [4.69, 9.17) is 4.74 Å². The summed E-state index contributed by atoms with van der Waals surface area (Å²) >= 11 is 0. The van der Waals surface area contributed by atoms with Gasteiger partial charge >= 0.3 is 6.09 Å². The van der Waals surface area contributed by atoms with E-state index in [0.29, 0.717) is 13.1 Å². The Labute approximate surface area is 103 Å². The van der Waals surface area contributed by atoms with E-state index in [-0.39, 0.29) is 17.3 Å². The van der Waals surface area contributed by atoms with Crippen molar-refractivity contribution in [2.45, 2.75) is 53.1 Å². The quantitative estimate of drug-likeness (QED) is 0.746. The molecule has 4 nitrogen and oxygen atoms in total. The van der Waals surface area contributed by atoms with Crippen LogP contribution in [-0.4, -0.2) is 35.5 Å². The van der Waals surface area contributed by atoms with Crippen molar-refractivity contribution >= 4 is 11.9 Å². The summed E-state index contributed by atoms with van der Waals surface area (Å²) in [5.41, 5.74) is -0.832. The van der Waals surface area contributed by atoms with Gasteiger partial charge < -0.3 is 9.64 Å². The third-order valence-electron chi connectivity index (χ3n) is 3.43. The molecule has 1 unspecified atom stereocenters. The molecule has 0 N–H and O–H groups in total. The van der Waals surface area contributed by atoms with Crippen molar-refractivity contribution in [2.24, 2.45) is 5.41 Å². The van der Waals surface area contributed by atoms with E-state index in [1.54, 1.807) is 11.8 Å². The maximum Gasteiger partial charge on any atom is 0.410 e. The van der Waals surface area contributed by atoms with E-state index in [2.05, 4.69) is 0 Å². The van der Waals surface area contributed by atoms with Crippen LogP contribution in [0.15, 0.2) is 0 Å². The third-order valence-corrected chi connectivity index (χ3v) is 3.43. The van der Waals surface area contributed by atoms with Crippen LogP contribution in [0.4, 0.5) is 4.79 Å². The fourth-order valence-corrected chi connectivity index (χ4v) is 2.18. The monoisotopic (exact) mass is 241 g/mol. The number of amides is 1. The van der Waals surface area contributed by atoms with E-state index in [0.717, 1.165) is 12.8 Å². The maximum absolute atomic E-state index is 11.9. The molecule has 1 saturated heterocycles. The topological polar surface area (TPSA) is 46.6 Å². The molecule has 0 bridgehead atoms. The molecule has 1 aliphatic rings. The molecule has 98 valence electrons. The van der Waals surface area contributed by atoms with Gasteiger partial charge in [0.1, 0.15) is 11.4 Å². The first-order chi connectivity index (χ1) is 7.70. The fraction of sp³-hybridized carbons (Fsp3) is 0.846. The molecule has 0 spiro atoms. The average Bonchev–Trinajstić information content (AvgIpc) is 2.60. The molecular weight excluding hydrogens is 218 g/mol. The molecule has 0 radical (unpaired) electrons. The predicted molar refractivity (Wildman–Crippen MR) is 65.8 cm³/mol. The summed E-state index contributed by atoms with van der Waals surface area (Å²) in [4.78, 5) is 25.2. The Morgan fingerprint density at radius 1 is 1.35 bits per heavy atom. The lowest BCUT2D eigenvalue weighted by molar-refractivity contribution is -0.126. The zero-order chi connectivity index (χ0) is 13.3. The predicted octanol–water partition coefficient (Wildman–Crippen LogP) is 2.61. The summed E-state index contributed by atoms with van der Waals surface area (Å²) in [7, 11) is 0. The van der Waals surface area contributed by atoms with Crippen molar-refractivity contribution < 1.29 is 14.3 Å².